The van der Waals surface area contributed by atoms with Crippen LogP contribution in [-0.4, -0.2) is 23.2 Å². The fraction of sp³-hybridized carbons (Fsp3) is 0.200. The van der Waals surface area contributed by atoms with E-state index in [9.17, 15) is 15.2 Å². The van der Waals surface area contributed by atoms with E-state index in [0.717, 1.165) is 10.0 Å². The van der Waals surface area contributed by atoms with Gasteiger partial charge in [0.2, 0.25) is 0 Å². The van der Waals surface area contributed by atoms with Crippen molar-refractivity contribution in [3.8, 4) is 0 Å². The Labute approximate surface area is 131 Å². The molecule has 0 bridgehead atoms. The van der Waals surface area contributed by atoms with Gasteiger partial charge in [0.15, 0.2) is 0 Å². The Bertz CT molecular complexity index is 620. The molecule has 6 heteroatoms. The monoisotopic (exact) mass is 350 g/mol. The Balaban J connectivity index is 2.37. The number of nitro groups is 1. The second-order valence-electron chi connectivity index (χ2n) is 4.52. The van der Waals surface area contributed by atoms with Crippen molar-refractivity contribution in [2.45, 2.75) is 6.54 Å². The van der Waals surface area contributed by atoms with Gasteiger partial charge in [-0.15, -0.1) is 0 Å². The highest BCUT2D eigenvalue weighted by atomic mass is 79.9. The molecule has 0 aliphatic carbocycles. The molecule has 0 spiro atoms. The molecule has 0 amide bonds. The summed E-state index contributed by atoms with van der Waals surface area (Å²) in [4.78, 5) is 12.6. The first-order valence-electron chi connectivity index (χ1n) is 6.45. The van der Waals surface area contributed by atoms with Crippen molar-refractivity contribution in [2.75, 3.05) is 18.1 Å². The molecule has 2 aromatic carbocycles. The maximum atomic E-state index is 11.2. The van der Waals surface area contributed by atoms with Gasteiger partial charge in [-0.25, -0.2) is 0 Å². The summed E-state index contributed by atoms with van der Waals surface area (Å²) >= 11 is 3.34. The largest absolute Gasteiger partial charge is 0.395 e. The number of hydrogen-bond donors (Lipinski definition) is 1. The number of nitrogens with zero attached hydrogens (tertiary/aromatic N) is 2. The van der Waals surface area contributed by atoms with Crippen molar-refractivity contribution in [1.82, 2.24) is 0 Å². The summed E-state index contributed by atoms with van der Waals surface area (Å²) < 4.78 is 0.763. The summed E-state index contributed by atoms with van der Waals surface area (Å²) in [6.07, 6.45) is 0. The van der Waals surface area contributed by atoms with Crippen LogP contribution in [0.25, 0.3) is 0 Å². The first-order chi connectivity index (χ1) is 10.1. The normalized spacial score (nSPS) is 10.4. The van der Waals surface area contributed by atoms with Crippen molar-refractivity contribution in [3.63, 3.8) is 0 Å². The third kappa shape index (κ3) is 4.03. The SMILES string of the molecule is O=[N+]([O-])c1ccc(Br)cc1N(CCO)Cc1ccccc1. The molecule has 0 aliphatic rings. The van der Waals surface area contributed by atoms with Crippen LogP contribution < -0.4 is 4.90 Å². The first-order valence-corrected chi connectivity index (χ1v) is 7.25. The average molecular weight is 351 g/mol. The summed E-state index contributed by atoms with van der Waals surface area (Å²) in [6.45, 7) is 0.751. The summed E-state index contributed by atoms with van der Waals surface area (Å²) in [5, 5.41) is 20.4. The third-order valence-electron chi connectivity index (χ3n) is 3.06. The van der Waals surface area contributed by atoms with Crippen LogP contribution in [0.15, 0.2) is 53.0 Å². The molecular formula is C15H15BrN2O3. The molecule has 21 heavy (non-hydrogen) atoms. The topological polar surface area (TPSA) is 66.6 Å². The molecule has 0 heterocycles. The average Bonchev–Trinajstić information content (AvgIpc) is 2.47. The number of aliphatic hydroxyl groups is 1. The zero-order chi connectivity index (χ0) is 15.2. The quantitative estimate of drug-likeness (QED) is 0.640. The maximum absolute atomic E-state index is 11.2. The van der Waals surface area contributed by atoms with E-state index in [-0.39, 0.29) is 12.3 Å². The predicted octanol–water partition coefficient (Wildman–Crippen LogP) is 3.36. The molecule has 1 N–H and O–H groups in total. The highest BCUT2D eigenvalue weighted by Gasteiger charge is 2.19. The minimum atomic E-state index is -0.406. The van der Waals surface area contributed by atoms with E-state index in [1.165, 1.54) is 6.07 Å². The van der Waals surface area contributed by atoms with E-state index in [0.29, 0.717) is 18.8 Å². The van der Waals surface area contributed by atoms with E-state index in [1.807, 2.05) is 30.3 Å². The summed E-state index contributed by atoms with van der Waals surface area (Å²) in [6, 6.07) is 14.5. The van der Waals surface area contributed by atoms with Crippen molar-refractivity contribution >= 4 is 27.3 Å². The Kier molecular flexibility index (Phi) is 5.30. The van der Waals surface area contributed by atoms with Gasteiger partial charge in [-0.1, -0.05) is 46.3 Å². The van der Waals surface area contributed by atoms with E-state index in [2.05, 4.69) is 15.9 Å². The van der Waals surface area contributed by atoms with Gasteiger partial charge < -0.3 is 10.0 Å². The molecule has 0 unspecified atom stereocenters. The van der Waals surface area contributed by atoms with Crippen LogP contribution in [0, 0.1) is 10.1 Å². The molecule has 0 fully saturated rings. The number of rotatable bonds is 6. The molecule has 2 rings (SSSR count). The van der Waals surface area contributed by atoms with Crippen LogP contribution in [0.2, 0.25) is 0 Å². The Morgan fingerprint density at radius 2 is 1.90 bits per heavy atom. The third-order valence-corrected chi connectivity index (χ3v) is 3.55. The van der Waals surface area contributed by atoms with E-state index < -0.39 is 4.92 Å². The van der Waals surface area contributed by atoms with Gasteiger partial charge >= 0.3 is 0 Å². The van der Waals surface area contributed by atoms with E-state index >= 15 is 0 Å². The molecule has 0 atom stereocenters. The number of halogens is 1. The van der Waals surface area contributed by atoms with Crippen molar-refractivity contribution in [1.29, 1.82) is 0 Å². The highest BCUT2D eigenvalue weighted by Crippen LogP contribution is 2.32. The number of hydrogen-bond acceptors (Lipinski definition) is 4. The van der Waals surface area contributed by atoms with Crippen LogP contribution in [0.4, 0.5) is 11.4 Å². The van der Waals surface area contributed by atoms with Gasteiger partial charge in [-0.2, -0.15) is 0 Å². The first kappa shape index (κ1) is 15.5. The Hall–Kier alpha value is -1.92. The fourth-order valence-electron chi connectivity index (χ4n) is 2.11. The molecule has 0 saturated carbocycles. The molecule has 0 aromatic heterocycles. The Morgan fingerprint density at radius 3 is 2.52 bits per heavy atom. The van der Waals surface area contributed by atoms with Gasteiger partial charge in [0, 0.05) is 23.6 Å². The van der Waals surface area contributed by atoms with Gasteiger partial charge in [-0.3, -0.25) is 10.1 Å². The second-order valence-corrected chi connectivity index (χ2v) is 5.44. The standard InChI is InChI=1S/C15H15BrN2O3/c16-13-6-7-14(18(20)21)15(10-13)17(8-9-19)11-12-4-2-1-3-5-12/h1-7,10,19H,8-9,11H2. The van der Waals surface area contributed by atoms with Gasteiger partial charge in [0.1, 0.15) is 5.69 Å². The predicted molar refractivity (Wildman–Crippen MR) is 85.4 cm³/mol. The van der Waals surface area contributed by atoms with Crippen LogP contribution in [-0.2, 0) is 6.54 Å². The zero-order valence-corrected chi connectivity index (χ0v) is 12.9. The maximum Gasteiger partial charge on any atom is 0.292 e. The van der Waals surface area contributed by atoms with Crippen molar-refractivity contribution in [3.05, 3.63) is 68.7 Å². The van der Waals surface area contributed by atoms with Crippen LogP contribution in [0.5, 0.6) is 0 Å². The zero-order valence-electron chi connectivity index (χ0n) is 11.3. The number of aliphatic hydroxyl groups excluding tert-OH is 1. The molecule has 0 saturated heterocycles. The van der Waals surface area contributed by atoms with E-state index in [1.54, 1.807) is 17.0 Å². The fourth-order valence-corrected chi connectivity index (χ4v) is 2.46. The summed E-state index contributed by atoms with van der Waals surface area (Å²) in [5.74, 6) is 0. The van der Waals surface area contributed by atoms with Gasteiger partial charge in [0.25, 0.3) is 5.69 Å². The molecule has 0 radical (unpaired) electrons. The lowest BCUT2D eigenvalue weighted by molar-refractivity contribution is -0.384. The van der Waals surface area contributed by atoms with Crippen molar-refractivity contribution in [2.24, 2.45) is 0 Å². The highest BCUT2D eigenvalue weighted by molar-refractivity contribution is 9.10. The van der Waals surface area contributed by atoms with Gasteiger partial charge in [-0.05, 0) is 17.7 Å². The lowest BCUT2D eigenvalue weighted by Gasteiger charge is -2.24. The second kappa shape index (κ2) is 7.19. The van der Waals surface area contributed by atoms with Crippen LogP contribution in [0.3, 0.4) is 0 Å². The van der Waals surface area contributed by atoms with Crippen LogP contribution >= 0.6 is 15.9 Å². The van der Waals surface area contributed by atoms with E-state index in [4.69, 9.17) is 0 Å². The molecule has 0 aliphatic heterocycles. The summed E-state index contributed by atoms with van der Waals surface area (Å²) in [5.41, 5.74) is 1.55. The molecule has 110 valence electrons. The molecule has 2 aromatic rings. The lowest BCUT2D eigenvalue weighted by Crippen LogP contribution is -2.26. The number of benzene rings is 2. The minimum Gasteiger partial charge on any atom is -0.395 e. The smallest absolute Gasteiger partial charge is 0.292 e. The number of anilines is 1. The lowest BCUT2D eigenvalue weighted by atomic mass is 10.2. The van der Waals surface area contributed by atoms with Crippen LogP contribution in [0.1, 0.15) is 5.56 Å². The number of nitro benzene ring substituents is 1. The molecule has 5 nitrogen and oxygen atoms in total. The van der Waals surface area contributed by atoms with Crippen molar-refractivity contribution < 1.29 is 10.0 Å². The molecular weight excluding hydrogens is 336 g/mol. The summed E-state index contributed by atoms with van der Waals surface area (Å²) in [7, 11) is 0. The Morgan fingerprint density at radius 1 is 1.19 bits per heavy atom. The minimum absolute atomic E-state index is 0.0302. The van der Waals surface area contributed by atoms with Gasteiger partial charge in [0.05, 0.1) is 11.5 Å².